The molecule has 2 aromatic rings. The molecule has 3 rings (SSSR count). The second kappa shape index (κ2) is 8.65. The summed E-state index contributed by atoms with van der Waals surface area (Å²) in [6.07, 6.45) is 5.12. The Hall–Kier alpha value is -2.21. The number of nitrogens with one attached hydrogen (secondary N) is 1. The number of amides is 1. The largest absolute Gasteiger partial charge is 0.394 e. The Balaban J connectivity index is 1.58. The fourth-order valence-corrected chi connectivity index (χ4v) is 3.85. The van der Waals surface area contributed by atoms with E-state index in [4.69, 9.17) is 0 Å². The van der Waals surface area contributed by atoms with Crippen molar-refractivity contribution in [2.45, 2.75) is 52.1 Å². The number of aliphatic hydroxyl groups is 1. The zero-order chi connectivity index (χ0) is 19.4. The molecule has 6 heteroatoms. The summed E-state index contributed by atoms with van der Waals surface area (Å²) in [7, 11) is 0. The van der Waals surface area contributed by atoms with Gasteiger partial charge in [-0.3, -0.25) is 14.2 Å². The molecule has 27 heavy (non-hydrogen) atoms. The molecule has 0 aliphatic heterocycles. The van der Waals surface area contributed by atoms with Crippen LogP contribution in [0.3, 0.4) is 0 Å². The third kappa shape index (κ3) is 4.56. The molecule has 1 heterocycles. The van der Waals surface area contributed by atoms with Gasteiger partial charge in [0.15, 0.2) is 0 Å². The Morgan fingerprint density at radius 2 is 1.96 bits per heavy atom. The van der Waals surface area contributed by atoms with E-state index < -0.39 is 0 Å². The molecular formula is C21H29N3O3. The number of aromatic nitrogens is 2. The Morgan fingerprint density at radius 1 is 1.26 bits per heavy atom. The molecule has 1 aromatic carbocycles. The maximum atomic E-state index is 12.6. The monoisotopic (exact) mass is 371 g/mol. The van der Waals surface area contributed by atoms with E-state index in [9.17, 15) is 14.7 Å². The summed E-state index contributed by atoms with van der Waals surface area (Å²) in [5.74, 6) is 0.641. The minimum atomic E-state index is -0.183. The molecule has 0 radical (unpaired) electrons. The number of rotatable bonds is 6. The molecule has 1 amide bonds. The van der Waals surface area contributed by atoms with Gasteiger partial charge >= 0.3 is 0 Å². The minimum absolute atomic E-state index is 0.000463. The minimum Gasteiger partial charge on any atom is -0.394 e. The first-order valence-corrected chi connectivity index (χ1v) is 9.85. The summed E-state index contributed by atoms with van der Waals surface area (Å²) in [6.45, 7) is 4.60. The van der Waals surface area contributed by atoms with Crippen LogP contribution in [0.2, 0.25) is 0 Å². The maximum Gasteiger partial charge on any atom is 0.261 e. The van der Waals surface area contributed by atoms with Crippen molar-refractivity contribution in [3.8, 4) is 0 Å². The van der Waals surface area contributed by atoms with Crippen LogP contribution in [-0.4, -0.2) is 33.2 Å². The van der Waals surface area contributed by atoms with Crippen molar-refractivity contribution in [1.29, 1.82) is 0 Å². The van der Waals surface area contributed by atoms with Gasteiger partial charge in [0.05, 0.1) is 29.9 Å². The van der Waals surface area contributed by atoms with Crippen molar-refractivity contribution in [1.82, 2.24) is 14.9 Å². The SMILES string of the molecule is CC(C)[C@@H](CO)NC(=O)C1CCC(Cn2cnc3ccccc3c2=O)CC1. The third-order valence-corrected chi connectivity index (χ3v) is 5.73. The van der Waals surface area contributed by atoms with Crippen molar-refractivity contribution >= 4 is 16.8 Å². The standard InChI is InChI=1S/C21H29N3O3/c1-14(2)19(12-25)23-20(26)16-9-7-15(8-10-16)11-24-13-22-18-6-4-3-5-17(18)21(24)27/h3-6,13-16,19,25H,7-12H2,1-2H3,(H,23,26)/t15?,16?,19-/m1/s1. The van der Waals surface area contributed by atoms with E-state index >= 15 is 0 Å². The van der Waals surface area contributed by atoms with E-state index in [-0.39, 0.29) is 36.0 Å². The first-order valence-electron chi connectivity index (χ1n) is 9.85. The van der Waals surface area contributed by atoms with Crippen LogP contribution in [0.15, 0.2) is 35.4 Å². The second-order valence-corrected chi connectivity index (χ2v) is 7.98. The molecule has 0 bridgehead atoms. The summed E-state index contributed by atoms with van der Waals surface area (Å²) in [5, 5.41) is 13.0. The predicted octanol–water partition coefficient (Wildman–Crippen LogP) is 2.34. The van der Waals surface area contributed by atoms with Crippen LogP contribution in [0.4, 0.5) is 0 Å². The van der Waals surface area contributed by atoms with E-state index in [2.05, 4.69) is 10.3 Å². The summed E-state index contributed by atoms with van der Waals surface area (Å²) in [5.41, 5.74) is 0.728. The average Bonchev–Trinajstić information content (AvgIpc) is 2.68. The molecule has 1 aliphatic rings. The molecule has 1 aromatic heterocycles. The fraction of sp³-hybridized carbons (Fsp3) is 0.571. The first kappa shape index (κ1) is 19.5. The maximum absolute atomic E-state index is 12.6. The molecule has 0 unspecified atom stereocenters. The van der Waals surface area contributed by atoms with E-state index in [1.807, 2.05) is 38.1 Å². The van der Waals surface area contributed by atoms with Crippen molar-refractivity contribution in [3.63, 3.8) is 0 Å². The lowest BCUT2D eigenvalue weighted by Gasteiger charge is -2.30. The number of fused-ring (bicyclic) bond motifs is 1. The number of carbonyl (C=O) groups excluding carboxylic acids is 1. The Kier molecular flexibility index (Phi) is 6.26. The van der Waals surface area contributed by atoms with Gasteiger partial charge in [-0.25, -0.2) is 4.98 Å². The molecule has 146 valence electrons. The van der Waals surface area contributed by atoms with Gasteiger partial charge in [-0.05, 0) is 49.7 Å². The van der Waals surface area contributed by atoms with Crippen LogP contribution in [0.25, 0.3) is 10.9 Å². The average molecular weight is 371 g/mol. The van der Waals surface area contributed by atoms with Crippen molar-refractivity contribution in [2.24, 2.45) is 17.8 Å². The molecule has 2 N–H and O–H groups in total. The van der Waals surface area contributed by atoms with Crippen LogP contribution in [-0.2, 0) is 11.3 Å². The lowest BCUT2D eigenvalue weighted by molar-refractivity contribution is -0.127. The molecule has 1 fully saturated rings. The second-order valence-electron chi connectivity index (χ2n) is 7.98. The van der Waals surface area contributed by atoms with Crippen LogP contribution in [0.1, 0.15) is 39.5 Å². The van der Waals surface area contributed by atoms with Crippen LogP contribution in [0, 0.1) is 17.8 Å². The van der Waals surface area contributed by atoms with Crippen LogP contribution >= 0.6 is 0 Å². The lowest BCUT2D eigenvalue weighted by atomic mass is 9.81. The molecule has 0 spiro atoms. The Bertz CT molecular complexity index is 838. The highest BCUT2D eigenvalue weighted by Gasteiger charge is 2.28. The molecule has 1 aliphatic carbocycles. The first-order chi connectivity index (χ1) is 13.0. The molecule has 1 atom stereocenters. The number of benzene rings is 1. The lowest BCUT2D eigenvalue weighted by Crippen LogP contribution is -2.44. The Labute approximate surface area is 159 Å². The number of hydrogen-bond donors (Lipinski definition) is 2. The van der Waals surface area contributed by atoms with Gasteiger partial charge in [0.25, 0.3) is 5.56 Å². The van der Waals surface area contributed by atoms with Gasteiger partial charge in [0, 0.05) is 12.5 Å². The smallest absolute Gasteiger partial charge is 0.261 e. The highest BCUT2D eigenvalue weighted by atomic mass is 16.3. The van der Waals surface area contributed by atoms with Crippen LogP contribution < -0.4 is 10.9 Å². The third-order valence-electron chi connectivity index (χ3n) is 5.73. The summed E-state index contributed by atoms with van der Waals surface area (Å²) in [4.78, 5) is 29.5. The van der Waals surface area contributed by atoms with Crippen molar-refractivity contribution < 1.29 is 9.90 Å². The quantitative estimate of drug-likeness (QED) is 0.816. The van der Waals surface area contributed by atoms with E-state index in [1.165, 1.54) is 0 Å². The highest BCUT2D eigenvalue weighted by molar-refractivity contribution is 5.79. The Morgan fingerprint density at radius 3 is 2.63 bits per heavy atom. The summed E-state index contributed by atoms with van der Waals surface area (Å²) < 4.78 is 1.70. The fourth-order valence-electron chi connectivity index (χ4n) is 3.85. The molecule has 1 saturated carbocycles. The van der Waals surface area contributed by atoms with Gasteiger partial charge in [0.2, 0.25) is 5.91 Å². The van der Waals surface area contributed by atoms with E-state index in [0.29, 0.717) is 17.8 Å². The number of carbonyl (C=O) groups is 1. The van der Waals surface area contributed by atoms with E-state index in [1.54, 1.807) is 10.9 Å². The summed E-state index contributed by atoms with van der Waals surface area (Å²) in [6, 6.07) is 7.22. The summed E-state index contributed by atoms with van der Waals surface area (Å²) >= 11 is 0. The topological polar surface area (TPSA) is 84.2 Å². The van der Waals surface area contributed by atoms with Gasteiger partial charge in [-0.1, -0.05) is 26.0 Å². The van der Waals surface area contributed by atoms with E-state index in [0.717, 1.165) is 31.2 Å². The highest BCUT2D eigenvalue weighted by Crippen LogP contribution is 2.30. The van der Waals surface area contributed by atoms with Gasteiger partial charge < -0.3 is 10.4 Å². The zero-order valence-electron chi connectivity index (χ0n) is 16.1. The van der Waals surface area contributed by atoms with Crippen LogP contribution in [0.5, 0.6) is 0 Å². The van der Waals surface area contributed by atoms with Gasteiger partial charge in [0.1, 0.15) is 0 Å². The van der Waals surface area contributed by atoms with Crippen molar-refractivity contribution in [2.75, 3.05) is 6.61 Å². The number of para-hydroxylation sites is 1. The van der Waals surface area contributed by atoms with Gasteiger partial charge in [-0.2, -0.15) is 0 Å². The molecular weight excluding hydrogens is 342 g/mol. The predicted molar refractivity (Wildman–Crippen MR) is 105 cm³/mol. The molecule has 6 nitrogen and oxygen atoms in total. The van der Waals surface area contributed by atoms with Crippen molar-refractivity contribution in [3.05, 3.63) is 40.9 Å². The molecule has 0 saturated heterocycles. The van der Waals surface area contributed by atoms with Gasteiger partial charge in [-0.15, -0.1) is 0 Å². The zero-order valence-corrected chi connectivity index (χ0v) is 16.1. The number of aliphatic hydroxyl groups excluding tert-OH is 1. The number of nitrogens with zero attached hydrogens (tertiary/aromatic N) is 2. The normalized spacial score (nSPS) is 21.3. The number of hydrogen-bond acceptors (Lipinski definition) is 4.